The van der Waals surface area contributed by atoms with E-state index in [2.05, 4.69) is 5.32 Å². The van der Waals surface area contributed by atoms with Crippen LogP contribution in [0.2, 0.25) is 0 Å². The van der Waals surface area contributed by atoms with Crippen molar-refractivity contribution < 1.29 is 17.9 Å². The summed E-state index contributed by atoms with van der Waals surface area (Å²) >= 11 is 0. The van der Waals surface area contributed by atoms with Crippen molar-refractivity contribution in [3.63, 3.8) is 0 Å². The quantitative estimate of drug-likeness (QED) is 0.728. The van der Waals surface area contributed by atoms with E-state index in [0.717, 1.165) is 5.56 Å². The normalized spacial score (nSPS) is 15.0. The predicted molar refractivity (Wildman–Crippen MR) is 105 cm³/mol. The highest BCUT2D eigenvalue weighted by atomic mass is 35.5. The Balaban J connectivity index is 0.00000261. The Labute approximate surface area is 165 Å². The molecule has 0 radical (unpaired) electrons. The van der Waals surface area contributed by atoms with E-state index in [-0.39, 0.29) is 23.2 Å². The minimum absolute atomic E-state index is 0. The van der Waals surface area contributed by atoms with Gasteiger partial charge in [0.15, 0.2) is 0 Å². The first-order chi connectivity index (χ1) is 12.5. The number of sulfonamides is 1. The van der Waals surface area contributed by atoms with Crippen LogP contribution in [0.3, 0.4) is 0 Å². The molecule has 0 aromatic heterocycles. The number of anilines is 1. The molecule has 3 N–H and O–H groups in total. The lowest BCUT2D eigenvalue weighted by Crippen LogP contribution is -2.40. The van der Waals surface area contributed by atoms with Gasteiger partial charge in [-0.2, -0.15) is 4.31 Å². The van der Waals surface area contributed by atoms with Gasteiger partial charge in [-0.15, -0.1) is 12.4 Å². The number of nitrogens with two attached hydrogens (primary N) is 1. The topological polar surface area (TPSA) is 102 Å². The molecule has 1 aliphatic rings. The van der Waals surface area contributed by atoms with Gasteiger partial charge in [0.25, 0.3) is 5.91 Å². The SMILES string of the molecule is Cl.Nc1cccc(C(=O)NCc2ccc(S(=O)(=O)N3CCOCC3)cc2)c1. The summed E-state index contributed by atoms with van der Waals surface area (Å²) in [4.78, 5) is 12.4. The fourth-order valence-electron chi connectivity index (χ4n) is 2.68. The molecule has 146 valence electrons. The summed E-state index contributed by atoms with van der Waals surface area (Å²) in [6, 6.07) is 13.2. The van der Waals surface area contributed by atoms with E-state index in [0.29, 0.717) is 44.1 Å². The zero-order valence-electron chi connectivity index (χ0n) is 14.6. The number of ether oxygens (including phenoxy) is 1. The Hall–Kier alpha value is -2.13. The van der Waals surface area contributed by atoms with Gasteiger partial charge in [-0.25, -0.2) is 8.42 Å². The third-order valence-corrected chi connectivity index (χ3v) is 6.05. The number of hydrogen-bond donors (Lipinski definition) is 2. The molecule has 7 nitrogen and oxygen atoms in total. The van der Waals surface area contributed by atoms with Crippen LogP contribution in [0, 0.1) is 0 Å². The Morgan fingerprint density at radius 2 is 1.78 bits per heavy atom. The molecule has 2 aromatic carbocycles. The average Bonchev–Trinajstić information content (AvgIpc) is 2.67. The molecule has 27 heavy (non-hydrogen) atoms. The smallest absolute Gasteiger partial charge is 0.251 e. The summed E-state index contributed by atoms with van der Waals surface area (Å²) in [5.74, 6) is -0.234. The third-order valence-electron chi connectivity index (χ3n) is 4.13. The highest BCUT2D eigenvalue weighted by molar-refractivity contribution is 7.89. The lowest BCUT2D eigenvalue weighted by atomic mass is 10.2. The number of nitrogens with zero attached hydrogens (tertiary/aromatic N) is 1. The van der Waals surface area contributed by atoms with E-state index >= 15 is 0 Å². The molecule has 1 fully saturated rings. The van der Waals surface area contributed by atoms with E-state index in [1.807, 2.05) is 0 Å². The molecule has 1 aliphatic heterocycles. The number of hydrogen-bond acceptors (Lipinski definition) is 5. The number of benzene rings is 2. The van der Waals surface area contributed by atoms with Gasteiger partial charge in [0.2, 0.25) is 10.0 Å². The fourth-order valence-corrected chi connectivity index (χ4v) is 4.09. The number of halogens is 1. The second-order valence-corrected chi connectivity index (χ2v) is 7.91. The summed E-state index contributed by atoms with van der Waals surface area (Å²) < 4.78 is 31.8. The van der Waals surface area contributed by atoms with Crippen LogP contribution in [0.1, 0.15) is 15.9 Å². The van der Waals surface area contributed by atoms with Crippen molar-refractivity contribution >= 4 is 34.0 Å². The van der Waals surface area contributed by atoms with Crippen LogP contribution in [0.5, 0.6) is 0 Å². The zero-order chi connectivity index (χ0) is 18.6. The number of morpholine rings is 1. The lowest BCUT2D eigenvalue weighted by molar-refractivity contribution is 0.0730. The minimum Gasteiger partial charge on any atom is -0.399 e. The van der Waals surface area contributed by atoms with Gasteiger partial charge in [0.1, 0.15) is 0 Å². The van der Waals surface area contributed by atoms with E-state index in [4.69, 9.17) is 10.5 Å². The molecular formula is C18H22ClN3O4S. The van der Waals surface area contributed by atoms with Crippen molar-refractivity contribution in [3.8, 4) is 0 Å². The average molecular weight is 412 g/mol. The van der Waals surface area contributed by atoms with Crippen LogP contribution in [0.25, 0.3) is 0 Å². The second kappa shape index (κ2) is 9.18. The van der Waals surface area contributed by atoms with Gasteiger partial charge in [-0.1, -0.05) is 18.2 Å². The summed E-state index contributed by atoms with van der Waals surface area (Å²) in [6.45, 7) is 1.84. The van der Waals surface area contributed by atoms with Crippen molar-refractivity contribution in [2.75, 3.05) is 32.0 Å². The first-order valence-corrected chi connectivity index (χ1v) is 9.71. The first kappa shape index (κ1) is 21.2. The molecule has 9 heteroatoms. The van der Waals surface area contributed by atoms with Crippen LogP contribution in [-0.4, -0.2) is 44.9 Å². The van der Waals surface area contributed by atoms with Gasteiger partial charge in [-0.05, 0) is 35.9 Å². The lowest BCUT2D eigenvalue weighted by Gasteiger charge is -2.26. The number of amides is 1. The molecule has 2 aromatic rings. The van der Waals surface area contributed by atoms with E-state index < -0.39 is 10.0 Å². The highest BCUT2D eigenvalue weighted by Gasteiger charge is 2.26. The molecule has 0 unspecified atom stereocenters. The van der Waals surface area contributed by atoms with Crippen LogP contribution in [0.15, 0.2) is 53.4 Å². The van der Waals surface area contributed by atoms with Crippen molar-refractivity contribution in [1.82, 2.24) is 9.62 Å². The first-order valence-electron chi connectivity index (χ1n) is 8.27. The molecule has 0 bridgehead atoms. The summed E-state index contributed by atoms with van der Waals surface area (Å²) in [7, 11) is -3.51. The Morgan fingerprint density at radius 3 is 2.41 bits per heavy atom. The van der Waals surface area contributed by atoms with Crippen molar-refractivity contribution in [1.29, 1.82) is 0 Å². The summed E-state index contributed by atoms with van der Waals surface area (Å²) in [5.41, 5.74) is 7.49. The van der Waals surface area contributed by atoms with Gasteiger partial charge in [0.05, 0.1) is 18.1 Å². The molecule has 0 saturated carbocycles. The highest BCUT2D eigenvalue weighted by Crippen LogP contribution is 2.17. The van der Waals surface area contributed by atoms with Gasteiger partial charge >= 0.3 is 0 Å². The maximum atomic E-state index is 12.6. The Bertz CT molecular complexity index is 882. The minimum atomic E-state index is -3.51. The monoisotopic (exact) mass is 411 g/mol. The number of rotatable bonds is 5. The maximum Gasteiger partial charge on any atom is 0.251 e. The Kier molecular flexibility index (Phi) is 7.20. The van der Waals surface area contributed by atoms with Gasteiger partial charge in [0, 0.05) is 30.9 Å². The van der Waals surface area contributed by atoms with E-state index in [1.54, 1.807) is 48.5 Å². The number of nitrogens with one attached hydrogen (secondary N) is 1. The standard InChI is InChI=1S/C18H21N3O4S.ClH/c19-16-3-1-2-15(12-16)18(22)20-13-14-4-6-17(7-5-14)26(23,24)21-8-10-25-11-9-21;/h1-7,12H,8-11,13,19H2,(H,20,22);1H. The largest absolute Gasteiger partial charge is 0.399 e. The van der Waals surface area contributed by atoms with Crippen molar-refractivity contribution in [2.45, 2.75) is 11.4 Å². The number of nitrogen functional groups attached to an aromatic ring is 1. The van der Waals surface area contributed by atoms with E-state index in [9.17, 15) is 13.2 Å². The second-order valence-electron chi connectivity index (χ2n) is 5.97. The zero-order valence-corrected chi connectivity index (χ0v) is 16.3. The fraction of sp³-hybridized carbons (Fsp3) is 0.278. The van der Waals surface area contributed by atoms with Gasteiger partial charge in [-0.3, -0.25) is 4.79 Å². The number of carbonyl (C=O) groups excluding carboxylic acids is 1. The van der Waals surface area contributed by atoms with Crippen LogP contribution < -0.4 is 11.1 Å². The van der Waals surface area contributed by atoms with E-state index in [1.165, 1.54) is 4.31 Å². The Morgan fingerprint density at radius 1 is 1.11 bits per heavy atom. The third kappa shape index (κ3) is 5.20. The van der Waals surface area contributed by atoms with Crippen molar-refractivity contribution in [3.05, 3.63) is 59.7 Å². The van der Waals surface area contributed by atoms with Crippen LogP contribution in [-0.2, 0) is 21.3 Å². The molecular weight excluding hydrogens is 390 g/mol. The predicted octanol–water partition coefficient (Wildman–Crippen LogP) is 1.64. The molecule has 1 heterocycles. The molecule has 0 aliphatic carbocycles. The molecule has 3 rings (SSSR count). The summed E-state index contributed by atoms with van der Waals surface area (Å²) in [6.07, 6.45) is 0. The van der Waals surface area contributed by atoms with Gasteiger partial charge < -0.3 is 15.8 Å². The van der Waals surface area contributed by atoms with Crippen LogP contribution >= 0.6 is 12.4 Å². The van der Waals surface area contributed by atoms with Crippen LogP contribution in [0.4, 0.5) is 5.69 Å². The molecule has 1 amide bonds. The molecule has 0 spiro atoms. The summed E-state index contributed by atoms with van der Waals surface area (Å²) in [5, 5.41) is 2.79. The molecule has 1 saturated heterocycles. The molecule has 0 atom stereocenters. The van der Waals surface area contributed by atoms with Crippen molar-refractivity contribution in [2.24, 2.45) is 0 Å². The maximum absolute atomic E-state index is 12.6. The number of carbonyl (C=O) groups is 1.